The number of aryl methyl sites for hydroxylation is 1. The second-order valence-corrected chi connectivity index (χ2v) is 2.97. The molecular formula is C11H11N2Y-. The monoisotopic (exact) mass is 260 g/mol. The van der Waals surface area contributed by atoms with Crippen molar-refractivity contribution in [1.82, 2.24) is 10.9 Å². The Balaban J connectivity index is 0.000000980. The van der Waals surface area contributed by atoms with Crippen LogP contribution in [0.1, 0.15) is 11.1 Å². The fraction of sp³-hybridized carbons (Fsp3) is 0.0909. The van der Waals surface area contributed by atoms with E-state index in [0.29, 0.717) is 0 Å². The van der Waals surface area contributed by atoms with Crippen LogP contribution in [-0.2, 0) is 32.7 Å². The summed E-state index contributed by atoms with van der Waals surface area (Å²) in [4.78, 5) is 0. The summed E-state index contributed by atoms with van der Waals surface area (Å²) in [6.07, 6.45) is 5.84. The molecule has 0 spiro atoms. The summed E-state index contributed by atoms with van der Waals surface area (Å²) in [6, 6.07) is 9.27. The first-order chi connectivity index (χ1) is 6.36. The van der Waals surface area contributed by atoms with Crippen LogP contribution in [0.3, 0.4) is 0 Å². The molecule has 69 valence electrons. The van der Waals surface area contributed by atoms with Gasteiger partial charge >= 0.3 is 0 Å². The third-order valence-corrected chi connectivity index (χ3v) is 1.93. The van der Waals surface area contributed by atoms with Crippen molar-refractivity contribution in [3.8, 4) is 0 Å². The Morgan fingerprint density at radius 2 is 2.14 bits per heavy atom. The van der Waals surface area contributed by atoms with Crippen molar-refractivity contribution < 1.29 is 32.7 Å². The van der Waals surface area contributed by atoms with Crippen molar-refractivity contribution >= 4 is 5.70 Å². The van der Waals surface area contributed by atoms with Gasteiger partial charge in [-0.2, -0.15) is 29.8 Å². The Morgan fingerprint density at radius 1 is 1.29 bits per heavy atom. The van der Waals surface area contributed by atoms with E-state index >= 15 is 0 Å². The number of hydrazine groups is 1. The van der Waals surface area contributed by atoms with Crippen molar-refractivity contribution in [1.29, 1.82) is 0 Å². The minimum atomic E-state index is 0. The average Bonchev–Trinajstić information content (AvgIpc) is 2.20. The van der Waals surface area contributed by atoms with Gasteiger partial charge in [-0.25, -0.2) is 0 Å². The van der Waals surface area contributed by atoms with Crippen molar-refractivity contribution in [2.45, 2.75) is 6.92 Å². The minimum absolute atomic E-state index is 0. The van der Waals surface area contributed by atoms with Crippen LogP contribution in [0.2, 0.25) is 0 Å². The van der Waals surface area contributed by atoms with E-state index in [2.05, 4.69) is 29.1 Å². The number of rotatable bonds is 1. The molecule has 0 atom stereocenters. The second kappa shape index (κ2) is 5.33. The van der Waals surface area contributed by atoms with E-state index in [1.54, 1.807) is 0 Å². The van der Waals surface area contributed by atoms with E-state index in [1.807, 2.05) is 31.3 Å². The van der Waals surface area contributed by atoms with E-state index in [4.69, 9.17) is 0 Å². The largest absolute Gasteiger partial charge is 0.313 e. The molecule has 2 nitrogen and oxygen atoms in total. The number of hydrogen-bond acceptors (Lipinski definition) is 2. The number of benzene rings is 1. The topological polar surface area (TPSA) is 24.1 Å². The quantitative estimate of drug-likeness (QED) is 0.752. The Hall–Kier alpha value is -0.596. The molecule has 1 aromatic carbocycles. The van der Waals surface area contributed by atoms with Gasteiger partial charge in [0.2, 0.25) is 0 Å². The average molecular weight is 260 g/mol. The zero-order valence-corrected chi connectivity index (χ0v) is 10.9. The molecule has 0 aliphatic carbocycles. The van der Waals surface area contributed by atoms with Gasteiger partial charge in [-0.05, 0) is 12.2 Å². The van der Waals surface area contributed by atoms with Crippen LogP contribution in [0, 0.1) is 13.0 Å². The number of hydrogen-bond donors (Lipinski definition) is 2. The molecule has 1 radical (unpaired) electrons. The van der Waals surface area contributed by atoms with Gasteiger partial charge in [0.1, 0.15) is 0 Å². The predicted molar refractivity (Wildman–Crippen MR) is 53.4 cm³/mol. The van der Waals surface area contributed by atoms with Crippen molar-refractivity contribution in [2.75, 3.05) is 0 Å². The summed E-state index contributed by atoms with van der Waals surface area (Å²) >= 11 is 0. The van der Waals surface area contributed by atoms with Gasteiger partial charge in [0.25, 0.3) is 0 Å². The second-order valence-electron chi connectivity index (χ2n) is 2.97. The molecular weight excluding hydrogens is 249 g/mol. The van der Waals surface area contributed by atoms with Crippen LogP contribution in [0.4, 0.5) is 0 Å². The molecule has 3 heteroatoms. The third-order valence-electron chi connectivity index (χ3n) is 1.93. The zero-order valence-electron chi connectivity index (χ0n) is 8.04. The van der Waals surface area contributed by atoms with Crippen molar-refractivity contribution in [3.05, 3.63) is 53.7 Å². The maximum atomic E-state index is 3.16. The SMILES string of the molecule is Cc1[c-]cc(C2=CC=CNN2)cc1.[Y]. The van der Waals surface area contributed by atoms with Crippen LogP contribution >= 0.6 is 0 Å². The molecule has 2 N–H and O–H groups in total. The van der Waals surface area contributed by atoms with Crippen LogP contribution in [0.15, 0.2) is 36.6 Å². The first kappa shape index (κ1) is 11.5. The van der Waals surface area contributed by atoms with E-state index in [0.717, 1.165) is 16.8 Å². The van der Waals surface area contributed by atoms with E-state index in [9.17, 15) is 0 Å². The summed E-state index contributed by atoms with van der Waals surface area (Å²) in [5.74, 6) is 0. The van der Waals surface area contributed by atoms with E-state index in [-0.39, 0.29) is 32.7 Å². The smallest absolute Gasteiger partial charge is 0.0177 e. The molecule has 0 unspecified atom stereocenters. The van der Waals surface area contributed by atoms with Gasteiger partial charge in [-0.15, -0.1) is 5.56 Å². The summed E-state index contributed by atoms with van der Waals surface area (Å²) in [6.45, 7) is 2.03. The molecule has 1 heterocycles. The van der Waals surface area contributed by atoms with Crippen LogP contribution < -0.4 is 10.9 Å². The van der Waals surface area contributed by atoms with E-state index in [1.165, 1.54) is 0 Å². The van der Waals surface area contributed by atoms with E-state index < -0.39 is 0 Å². The summed E-state index contributed by atoms with van der Waals surface area (Å²) < 4.78 is 0. The minimum Gasteiger partial charge on any atom is -0.313 e. The number of allylic oxidation sites excluding steroid dienone is 2. The molecule has 0 bridgehead atoms. The van der Waals surface area contributed by atoms with Gasteiger partial charge in [-0.1, -0.05) is 6.92 Å². The Kier molecular flexibility index (Phi) is 4.37. The first-order valence-electron chi connectivity index (χ1n) is 4.23. The molecule has 1 aliphatic heterocycles. The fourth-order valence-electron chi connectivity index (χ4n) is 1.19. The Labute approximate surface area is 109 Å². The van der Waals surface area contributed by atoms with Gasteiger partial charge in [-0.3, -0.25) is 0 Å². The standard InChI is InChI=1S/C11H11N2.Y/c1-9-4-6-10(7-5-9)11-3-2-8-12-13-11;/h2-4,6-8,12-13H,1H3;/q-1;. The Bertz CT molecular complexity index is 352. The van der Waals surface area contributed by atoms with Crippen molar-refractivity contribution in [2.24, 2.45) is 0 Å². The summed E-state index contributed by atoms with van der Waals surface area (Å²) in [7, 11) is 0. The summed E-state index contributed by atoms with van der Waals surface area (Å²) in [5, 5.41) is 0. The van der Waals surface area contributed by atoms with Crippen LogP contribution in [0.5, 0.6) is 0 Å². The first-order valence-corrected chi connectivity index (χ1v) is 4.23. The number of nitrogens with one attached hydrogen (secondary N) is 2. The molecule has 1 aliphatic rings. The third kappa shape index (κ3) is 2.69. The summed E-state index contributed by atoms with van der Waals surface area (Å²) in [5.41, 5.74) is 9.36. The molecule has 14 heavy (non-hydrogen) atoms. The van der Waals surface area contributed by atoms with Gasteiger partial charge in [0.05, 0.1) is 0 Å². The molecule has 1 aromatic rings. The maximum Gasteiger partial charge on any atom is 0.0177 e. The molecule has 2 rings (SSSR count). The Morgan fingerprint density at radius 3 is 2.71 bits per heavy atom. The molecule has 0 saturated carbocycles. The van der Waals surface area contributed by atoms with Crippen LogP contribution in [0.25, 0.3) is 5.70 Å². The molecule has 0 amide bonds. The van der Waals surface area contributed by atoms with Gasteiger partial charge in [0.15, 0.2) is 0 Å². The van der Waals surface area contributed by atoms with Gasteiger partial charge < -0.3 is 10.9 Å². The molecule has 0 fully saturated rings. The fourth-order valence-corrected chi connectivity index (χ4v) is 1.19. The maximum absolute atomic E-state index is 3.16. The predicted octanol–water partition coefficient (Wildman–Crippen LogP) is 1.76. The zero-order chi connectivity index (χ0) is 9.10. The normalized spacial score (nSPS) is 13.4. The molecule has 0 saturated heterocycles. The van der Waals surface area contributed by atoms with Crippen LogP contribution in [-0.4, -0.2) is 0 Å². The molecule has 0 aromatic heterocycles. The van der Waals surface area contributed by atoms with Crippen molar-refractivity contribution in [3.63, 3.8) is 0 Å². The van der Waals surface area contributed by atoms with Gasteiger partial charge in [0, 0.05) is 44.6 Å².